The molecule has 0 saturated heterocycles. The molecule has 0 unspecified atom stereocenters. The second-order valence-corrected chi connectivity index (χ2v) is 3.98. The maximum Gasteiger partial charge on any atom is 0.174 e. The minimum atomic E-state index is -0.641. The van der Waals surface area contributed by atoms with E-state index in [1.54, 1.807) is 0 Å². The third-order valence-corrected chi connectivity index (χ3v) is 2.80. The predicted octanol–water partition coefficient (Wildman–Crippen LogP) is 4.12. The van der Waals surface area contributed by atoms with Crippen LogP contribution in [-0.4, -0.2) is 5.11 Å². The molecule has 0 aliphatic rings. The van der Waals surface area contributed by atoms with Crippen molar-refractivity contribution in [2.75, 3.05) is 0 Å². The monoisotopic (exact) mass is 282 g/mol. The van der Waals surface area contributed by atoms with Gasteiger partial charge in [0.1, 0.15) is 5.69 Å². The van der Waals surface area contributed by atoms with Gasteiger partial charge < -0.3 is 5.11 Å². The molecule has 8 heteroatoms. The molecule has 0 aliphatic carbocycles. The molecule has 8 nitrogen and oxygen atoms in total. The molecule has 102 valence electrons. The van der Waals surface area contributed by atoms with E-state index in [0.717, 1.165) is 0 Å². The molecule has 0 atom stereocenters. The summed E-state index contributed by atoms with van der Waals surface area (Å²) in [5, 5.41) is 26.3. The maximum absolute atomic E-state index is 10.9. The van der Waals surface area contributed by atoms with Crippen molar-refractivity contribution in [3.63, 3.8) is 0 Å². The van der Waals surface area contributed by atoms with Crippen LogP contribution in [0.1, 0.15) is 5.56 Å². The van der Waals surface area contributed by atoms with Crippen molar-refractivity contribution >= 4 is 17.1 Å². The van der Waals surface area contributed by atoms with Gasteiger partial charge in [0.05, 0.1) is 11.6 Å². The van der Waals surface area contributed by atoms with Crippen LogP contribution in [0.4, 0.5) is 17.1 Å². The molecule has 1 N–H and O–H groups in total. The fraction of sp³-hybridized carbons (Fsp3) is 0. The lowest BCUT2D eigenvalue weighted by Crippen LogP contribution is -1.82. The van der Waals surface area contributed by atoms with E-state index in [-0.39, 0.29) is 33.8 Å². The third-order valence-electron chi connectivity index (χ3n) is 2.80. The fourth-order valence-electron chi connectivity index (χ4n) is 1.82. The highest BCUT2D eigenvalue weighted by Gasteiger charge is 2.15. The average molecular weight is 282 g/mol. The molecule has 2 aromatic carbocycles. The van der Waals surface area contributed by atoms with Crippen LogP contribution in [0.25, 0.3) is 11.1 Å². The SMILES string of the molecule is N#Cc1ccc(-c2cc(N=O)c(O)c(N=O)c2)c(N=O)c1. The zero-order valence-electron chi connectivity index (χ0n) is 10.3. The number of hydrogen-bond acceptors (Lipinski definition) is 8. The van der Waals surface area contributed by atoms with Gasteiger partial charge in [-0.3, -0.25) is 0 Å². The number of phenolic OH excluding ortho intramolecular Hbond substituents is 1. The number of nitriles is 1. The Morgan fingerprint density at radius 2 is 1.48 bits per heavy atom. The van der Waals surface area contributed by atoms with Crippen LogP contribution in [-0.2, 0) is 0 Å². The summed E-state index contributed by atoms with van der Waals surface area (Å²) in [6, 6.07) is 8.37. The molecule has 2 rings (SSSR count). The number of benzene rings is 2. The summed E-state index contributed by atoms with van der Waals surface area (Å²) in [4.78, 5) is 32.2. The molecule has 0 saturated carbocycles. The molecule has 0 spiro atoms. The number of nitrogens with zero attached hydrogens (tertiary/aromatic N) is 4. The van der Waals surface area contributed by atoms with E-state index in [4.69, 9.17) is 5.26 Å². The second-order valence-electron chi connectivity index (χ2n) is 3.98. The molecule has 0 fully saturated rings. The van der Waals surface area contributed by atoms with Crippen molar-refractivity contribution in [2.24, 2.45) is 15.5 Å². The molecule has 21 heavy (non-hydrogen) atoms. The third kappa shape index (κ3) is 2.48. The van der Waals surface area contributed by atoms with Gasteiger partial charge in [-0.2, -0.15) is 5.26 Å². The van der Waals surface area contributed by atoms with Gasteiger partial charge in [-0.1, -0.05) is 6.07 Å². The van der Waals surface area contributed by atoms with Crippen LogP contribution >= 0.6 is 0 Å². The Hall–Kier alpha value is -3.47. The Morgan fingerprint density at radius 3 is 1.95 bits per heavy atom. The van der Waals surface area contributed by atoms with Crippen LogP contribution < -0.4 is 0 Å². The van der Waals surface area contributed by atoms with Crippen molar-refractivity contribution in [2.45, 2.75) is 0 Å². The first-order chi connectivity index (χ1) is 10.1. The molecule has 0 radical (unpaired) electrons. The Kier molecular flexibility index (Phi) is 3.76. The van der Waals surface area contributed by atoms with E-state index in [0.29, 0.717) is 0 Å². The summed E-state index contributed by atoms with van der Waals surface area (Å²) in [6.07, 6.45) is 0. The fourth-order valence-corrected chi connectivity index (χ4v) is 1.82. The Balaban J connectivity index is 2.73. The molecular weight excluding hydrogens is 276 g/mol. The Bertz CT molecular complexity index is 766. The Labute approximate surface area is 117 Å². The lowest BCUT2D eigenvalue weighted by Gasteiger charge is -2.07. The first kappa shape index (κ1) is 14.0. The van der Waals surface area contributed by atoms with Gasteiger partial charge >= 0.3 is 0 Å². The van der Waals surface area contributed by atoms with Crippen LogP contribution in [0.2, 0.25) is 0 Å². The van der Waals surface area contributed by atoms with Gasteiger partial charge in [-0.15, -0.1) is 14.7 Å². The van der Waals surface area contributed by atoms with Gasteiger partial charge in [0.25, 0.3) is 0 Å². The lowest BCUT2D eigenvalue weighted by molar-refractivity contribution is 0.478. The predicted molar refractivity (Wildman–Crippen MR) is 74.6 cm³/mol. The molecule has 0 heterocycles. The van der Waals surface area contributed by atoms with Crippen LogP contribution in [0.5, 0.6) is 5.75 Å². The summed E-state index contributed by atoms with van der Waals surface area (Å²) in [6.45, 7) is 0. The highest BCUT2D eigenvalue weighted by Crippen LogP contribution is 2.42. The zero-order chi connectivity index (χ0) is 15.4. The second kappa shape index (κ2) is 5.66. The summed E-state index contributed by atoms with van der Waals surface area (Å²) in [7, 11) is 0. The van der Waals surface area contributed by atoms with Gasteiger partial charge in [-0.25, -0.2) is 0 Å². The minimum Gasteiger partial charge on any atom is -0.504 e. The molecule has 0 aliphatic heterocycles. The molecular formula is C13H6N4O4. The zero-order valence-corrected chi connectivity index (χ0v) is 10.3. The Morgan fingerprint density at radius 1 is 0.905 bits per heavy atom. The van der Waals surface area contributed by atoms with Crippen LogP contribution in [0.15, 0.2) is 45.9 Å². The standard InChI is InChI=1S/C13H6N4O4/c14-6-7-1-2-9(10(3-7)15-19)8-4-11(16-20)13(18)12(5-8)17-21/h1-5,18H. The quantitative estimate of drug-likeness (QED) is 0.841. The number of phenols is 1. The van der Waals surface area contributed by atoms with Crippen molar-refractivity contribution in [1.82, 2.24) is 0 Å². The van der Waals surface area contributed by atoms with E-state index in [2.05, 4.69) is 15.5 Å². The molecule has 0 amide bonds. The normalized spacial score (nSPS) is 9.67. The summed E-state index contributed by atoms with van der Waals surface area (Å²) < 4.78 is 0. The van der Waals surface area contributed by atoms with Crippen molar-refractivity contribution < 1.29 is 5.11 Å². The number of nitroso groups, excluding NO2 is 3. The van der Waals surface area contributed by atoms with Gasteiger partial charge in [0, 0.05) is 5.56 Å². The molecule has 0 bridgehead atoms. The van der Waals surface area contributed by atoms with Gasteiger partial charge in [0.15, 0.2) is 17.1 Å². The number of aromatic hydroxyl groups is 1. The van der Waals surface area contributed by atoms with Gasteiger partial charge in [-0.05, 0) is 45.4 Å². The van der Waals surface area contributed by atoms with E-state index in [9.17, 15) is 19.8 Å². The topological polar surface area (TPSA) is 132 Å². The first-order valence-electron chi connectivity index (χ1n) is 5.56. The molecule has 2 aromatic rings. The summed E-state index contributed by atoms with van der Waals surface area (Å²) in [5.74, 6) is -0.641. The van der Waals surface area contributed by atoms with E-state index in [1.165, 1.54) is 30.3 Å². The number of rotatable bonds is 4. The molecule has 0 aromatic heterocycles. The van der Waals surface area contributed by atoms with Crippen LogP contribution in [0, 0.1) is 26.1 Å². The van der Waals surface area contributed by atoms with Crippen molar-refractivity contribution in [3.8, 4) is 22.9 Å². The highest BCUT2D eigenvalue weighted by atomic mass is 16.3. The highest BCUT2D eigenvalue weighted by molar-refractivity contribution is 5.83. The number of hydrogen-bond donors (Lipinski definition) is 1. The average Bonchev–Trinajstić information content (AvgIpc) is 2.54. The van der Waals surface area contributed by atoms with Crippen LogP contribution in [0.3, 0.4) is 0 Å². The summed E-state index contributed by atoms with van der Waals surface area (Å²) in [5.41, 5.74) is -0.0652. The van der Waals surface area contributed by atoms with E-state index >= 15 is 0 Å². The first-order valence-corrected chi connectivity index (χ1v) is 5.56. The van der Waals surface area contributed by atoms with E-state index < -0.39 is 5.75 Å². The summed E-state index contributed by atoms with van der Waals surface area (Å²) >= 11 is 0. The maximum atomic E-state index is 10.9. The minimum absolute atomic E-state index is 0.0477. The lowest BCUT2D eigenvalue weighted by atomic mass is 10.0. The van der Waals surface area contributed by atoms with Crippen molar-refractivity contribution in [3.05, 3.63) is 50.6 Å². The largest absolute Gasteiger partial charge is 0.504 e. The smallest absolute Gasteiger partial charge is 0.174 e. The van der Waals surface area contributed by atoms with Crippen molar-refractivity contribution in [1.29, 1.82) is 5.26 Å². The van der Waals surface area contributed by atoms with Gasteiger partial charge in [0.2, 0.25) is 0 Å². The van der Waals surface area contributed by atoms with E-state index in [1.807, 2.05) is 6.07 Å².